The van der Waals surface area contributed by atoms with Crippen LogP contribution in [-0.4, -0.2) is 23.0 Å². The molecule has 2 bridgehead atoms. The molecule has 3 atom stereocenters. The normalized spacial score (nSPS) is 43.0. The fraction of sp³-hybridized carbons (Fsp3) is 0.909. The van der Waals surface area contributed by atoms with Crippen LogP contribution in [0.2, 0.25) is 0 Å². The summed E-state index contributed by atoms with van der Waals surface area (Å²) in [6.45, 7) is 0. The van der Waals surface area contributed by atoms with E-state index in [-0.39, 0.29) is 0 Å². The van der Waals surface area contributed by atoms with Crippen molar-refractivity contribution in [2.45, 2.75) is 63.1 Å². The van der Waals surface area contributed by atoms with Gasteiger partial charge in [0.25, 0.3) is 0 Å². The van der Waals surface area contributed by atoms with Crippen molar-refractivity contribution in [3.8, 4) is 0 Å². The standard InChI is InChI=1S/C11H18N/c1-2-4-9(5-3-1)12-10-6-7-11(12)8-10/h2,9-11H,1,3-8H2. The van der Waals surface area contributed by atoms with E-state index in [1.54, 1.807) is 0 Å². The van der Waals surface area contributed by atoms with Gasteiger partial charge in [-0.05, 0) is 38.5 Å². The first kappa shape index (κ1) is 7.37. The van der Waals surface area contributed by atoms with Gasteiger partial charge in [0.15, 0.2) is 0 Å². The van der Waals surface area contributed by atoms with Crippen molar-refractivity contribution >= 4 is 0 Å². The number of hydrogen-bond acceptors (Lipinski definition) is 1. The number of hydrogen-bond donors (Lipinski definition) is 0. The summed E-state index contributed by atoms with van der Waals surface area (Å²) in [5.41, 5.74) is 0. The van der Waals surface area contributed by atoms with E-state index in [2.05, 4.69) is 11.3 Å². The Morgan fingerprint density at radius 1 is 1.00 bits per heavy atom. The van der Waals surface area contributed by atoms with Crippen molar-refractivity contribution in [2.24, 2.45) is 0 Å². The fourth-order valence-corrected chi connectivity index (χ4v) is 3.43. The third-order valence-electron chi connectivity index (χ3n) is 4.03. The molecule has 1 nitrogen and oxygen atoms in total. The van der Waals surface area contributed by atoms with Crippen molar-refractivity contribution in [2.75, 3.05) is 0 Å². The second-order valence-electron chi connectivity index (χ2n) is 4.68. The lowest BCUT2D eigenvalue weighted by Crippen LogP contribution is -2.54. The van der Waals surface area contributed by atoms with Gasteiger partial charge in [0, 0.05) is 18.1 Å². The molecule has 3 unspecified atom stereocenters. The Morgan fingerprint density at radius 3 is 2.42 bits per heavy atom. The predicted molar refractivity (Wildman–Crippen MR) is 49.8 cm³/mol. The zero-order valence-corrected chi connectivity index (χ0v) is 7.71. The van der Waals surface area contributed by atoms with Gasteiger partial charge in [-0.25, -0.2) is 0 Å². The van der Waals surface area contributed by atoms with Gasteiger partial charge in [-0.1, -0.05) is 12.8 Å². The van der Waals surface area contributed by atoms with Gasteiger partial charge in [-0.3, -0.25) is 4.90 Å². The average Bonchev–Trinajstić information content (AvgIpc) is 2.66. The molecule has 0 N–H and O–H groups in total. The highest BCUT2D eigenvalue weighted by Gasteiger charge is 2.47. The van der Waals surface area contributed by atoms with E-state index in [0.717, 1.165) is 18.1 Å². The van der Waals surface area contributed by atoms with E-state index in [9.17, 15) is 0 Å². The first-order valence-corrected chi connectivity index (χ1v) is 5.54. The van der Waals surface area contributed by atoms with Crippen LogP contribution in [0.15, 0.2) is 0 Å². The van der Waals surface area contributed by atoms with E-state index in [0.29, 0.717) is 0 Å². The first-order chi connectivity index (χ1) is 5.95. The highest BCUT2D eigenvalue weighted by Crippen LogP contribution is 2.44. The van der Waals surface area contributed by atoms with Gasteiger partial charge < -0.3 is 0 Å². The van der Waals surface area contributed by atoms with E-state index in [1.807, 2.05) is 0 Å². The monoisotopic (exact) mass is 164 g/mol. The highest BCUT2D eigenvalue weighted by molar-refractivity contribution is 5.04. The van der Waals surface area contributed by atoms with Gasteiger partial charge in [0.05, 0.1) is 0 Å². The molecule has 2 saturated heterocycles. The Morgan fingerprint density at radius 2 is 1.83 bits per heavy atom. The minimum Gasteiger partial charge on any atom is -0.294 e. The van der Waals surface area contributed by atoms with Crippen molar-refractivity contribution < 1.29 is 0 Å². The average molecular weight is 164 g/mol. The molecular formula is C11H18N. The number of rotatable bonds is 1. The second-order valence-corrected chi connectivity index (χ2v) is 4.68. The zero-order valence-electron chi connectivity index (χ0n) is 7.71. The SMILES string of the molecule is [CH]1CCCC(N2C3CCC2C3)C1. The smallest absolute Gasteiger partial charge is 0.0117 e. The molecule has 0 aromatic carbocycles. The summed E-state index contributed by atoms with van der Waals surface area (Å²) in [5, 5.41) is 0. The molecule has 0 amide bonds. The van der Waals surface area contributed by atoms with Gasteiger partial charge in [0.2, 0.25) is 0 Å². The van der Waals surface area contributed by atoms with Crippen LogP contribution >= 0.6 is 0 Å². The van der Waals surface area contributed by atoms with Crippen molar-refractivity contribution in [3.63, 3.8) is 0 Å². The second kappa shape index (κ2) is 2.73. The van der Waals surface area contributed by atoms with E-state index in [1.165, 1.54) is 44.9 Å². The summed E-state index contributed by atoms with van der Waals surface area (Å²) in [4.78, 5) is 2.83. The molecule has 67 valence electrons. The van der Waals surface area contributed by atoms with Crippen molar-refractivity contribution in [1.82, 2.24) is 4.90 Å². The van der Waals surface area contributed by atoms with Crippen LogP contribution in [0.3, 0.4) is 0 Å². The summed E-state index contributed by atoms with van der Waals surface area (Å²) >= 11 is 0. The maximum Gasteiger partial charge on any atom is 0.0117 e. The maximum absolute atomic E-state index is 2.83. The van der Waals surface area contributed by atoms with Crippen LogP contribution in [0, 0.1) is 6.42 Å². The molecule has 12 heavy (non-hydrogen) atoms. The van der Waals surface area contributed by atoms with Crippen molar-refractivity contribution in [1.29, 1.82) is 0 Å². The molecule has 4 aliphatic rings. The van der Waals surface area contributed by atoms with E-state index < -0.39 is 0 Å². The molecule has 2 heterocycles. The minimum absolute atomic E-state index is 0.949. The Kier molecular flexibility index (Phi) is 1.68. The predicted octanol–water partition coefficient (Wildman–Crippen LogP) is 2.37. The van der Waals surface area contributed by atoms with Crippen molar-refractivity contribution in [3.05, 3.63) is 6.42 Å². The maximum atomic E-state index is 2.83. The van der Waals surface area contributed by atoms with Crippen LogP contribution in [0.4, 0.5) is 0 Å². The minimum atomic E-state index is 0.949. The highest BCUT2D eigenvalue weighted by atomic mass is 15.3. The summed E-state index contributed by atoms with van der Waals surface area (Å²) in [7, 11) is 0. The molecule has 1 radical (unpaired) electrons. The van der Waals surface area contributed by atoms with Crippen LogP contribution in [0.5, 0.6) is 0 Å². The molecule has 2 aliphatic heterocycles. The molecule has 0 spiro atoms. The Balaban J connectivity index is 1.65. The molecule has 2 aliphatic carbocycles. The van der Waals surface area contributed by atoms with Crippen LogP contribution in [-0.2, 0) is 0 Å². The Hall–Kier alpha value is -0.0400. The molecule has 4 rings (SSSR count). The van der Waals surface area contributed by atoms with Gasteiger partial charge >= 0.3 is 0 Å². The topological polar surface area (TPSA) is 3.24 Å². The number of fused-ring (bicyclic) bond motifs is 1. The summed E-state index contributed by atoms with van der Waals surface area (Å²) in [6, 6.07) is 2.96. The molecule has 0 aromatic heterocycles. The van der Waals surface area contributed by atoms with Crippen LogP contribution in [0.25, 0.3) is 0 Å². The molecule has 2 saturated carbocycles. The lowest BCUT2D eigenvalue weighted by Gasteiger charge is -2.47. The van der Waals surface area contributed by atoms with Gasteiger partial charge in [-0.15, -0.1) is 0 Å². The summed E-state index contributed by atoms with van der Waals surface area (Å²) in [6.07, 6.45) is 12.7. The summed E-state index contributed by atoms with van der Waals surface area (Å²) < 4.78 is 0. The van der Waals surface area contributed by atoms with E-state index >= 15 is 0 Å². The first-order valence-electron chi connectivity index (χ1n) is 5.54. The number of nitrogens with zero attached hydrogens (tertiary/aromatic N) is 1. The molecule has 0 aromatic rings. The molecule has 4 fully saturated rings. The molecule has 1 heteroatoms. The fourth-order valence-electron chi connectivity index (χ4n) is 3.43. The van der Waals surface area contributed by atoms with Crippen LogP contribution in [0.1, 0.15) is 44.9 Å². The molecular weight excluding hydrogens is 146 g/mol. The lowest BCUT2D eigenvalue weighted by molar-refractivity contribution is 0.0197. The Labute approximate surface area is 75.1 Å². The van der Waals surface area contributed by atoms with Gasteiger partial charge in [-0.2, -0.15) is 0 Å². The van der Waals surface area contributed by atoms with Crippen LogP contribution < -0.4 is 0 Å². The zero-order chi connectivity index (χ0) is 7.97. The lowest BCUT2D eigenvalue weighted by atomic mass is 9.89. The van der Waals surface area contributed by atoms with Gasteiger partial charge in [0.1, 0.15) is 0 Å². The van der Waals surface area contributed by atoms with E-state index in [4.69, 9.17) is 0 Å². The summed E-state index contributed by atoms with van der Waals surface area (Å²) in [5.74, 6) is 0. The Bertz CT molecular complexity index is 158. The largest absolute Gasteiger partial charge is 0.294 e. The quantitative estimate of drug-likeness (QED) is 0.575. The third kappa shape index (κ3) is 0.953. The third-order valence-corrected chi connectivity index (χ3v) is 4.03.